The summed E-state index contributed by atoms with van der Waals surface area (Å²) in [5, 5.41) is 2.77. The average Bonchev–Trinajstić information content (AvgIpc) is 2.52. The average molecular weight is 392 g/mol. The van der Waals surface area contributed by atoms with E-state index in [4.69, 9.17) is 0 Å². The molecule has 5 nitrogen and oxygen atoms in total. The van der Waals surface area contributed by atoms with Crippen molar-refractivity contribution in [3.05, 3.63) is 64.5 Å². The summed E-state index contributed by atoms with van der Waals surface area (Å²) in [6.07, 6.45) is 1.09. The van der Waals surface area contributed by atoms with Gasteiger partial charge in [0, 0.05) is 0 Å². The van der Waals surface area contributed by atoms with Gasteiger partial charge in [0.15, 0.2) is 0 Å². The van der Waals surface area contributed by atoms with Crippen molar-refractivity contribution in [2.24, 2.45) is 0 Å². The lowest BCUT2D eigenvalue weighted by Crippen LogP contribution is -2.41. The van der Waals surface area contributed by atoms with Crippen LogP contribution >= 0.6 is 0 Å². The van der Waals surface area contributed by atoms with Gasteiger partial charge >= 0.3 is 0 Å². The molecule has 0 bridgehead atoms. The van der Waals surface area contributed by atoms with Crippen LogP contribution in [0.15, 0.2) is 36.4 Å². The molecule has 0 unspecified atom stereocenters. The molecule has 0 aliphatic rings. The summed E-state index contributed by atoms with van der Waals surface area (Å²) in [7, 11) is -3.65. The molecule has 0 saturated heterocycles. The molecule has 146 valence electrons. The van der Waals surface area contributed by atoms with E-state index in [2.05, 4.69) is 5.32 Å². The number of anilines is 1. The highest BCUT2D eigenvalue weighted by Crippen LogP contribution is 2.28. The molecule has 1 atom stereocenters. The molecule has 0 heterocycles. The summed E-state index contributed by atoms with van der Waals surface area (Å²) in [6.45, 7) is 7.03. The number of hydrogen-bond donors (Lipinski definition) is 1. The maximum Gasteiger partial charge on any atom is 0.241 e. The second-order valence-electron chi connectivity index (χ2n) is 6.86. The topological polar surface area (TPSA) is 66.5 Å². The molecule has 0 aliphatic carbocycles. The van der Waals surface area contributed by atoms with E-state index in [9.17, 15) is 17.6 Å². The standard InChI is InChI=1S/C20H25FN2O3S/c1-13-10-14(2)20(15(3)11-13)23(27(5,25)26)12-19(24)22-16(4)17-6-8-18(21)9-7-17/h6-11,16H,12H2,1-5H3,(H,22,24)/t16-/m1/s1. The number of carbonyl (C=O) groups excluding carboxylic acids is 1. The Hall–Kier alpha value is -2.41. The molecule has 0 saturated carbocycles. The lowest BCUT2D eigenvalue weighted by molar-refractivity contribution is -0.120. The summed E-state index contributed by atoms with van der Waals surface area (Å²) < 4.78 is 38.9. The van der Waals surface area contributed by atoms with Gasteiger partial charge in [-0.2, -0.15) is 0 Å². The molecule has 27 heavy (non-hydrogen) atoms. The van der Waals surface area contributed by atoms with Crippen LogP contribution in [0.4, 0.5) is 10.1 Å². The van der Waals surface area contributed by atoms with Gasteiger partial charge in [0.25, 0.3) is 0 Å². The second kappa shape index (κ2) is 8.08. The van der Waals surface area contributed by atoms with Crippen LogP contribution in [-0.4, -0.2) is 27.1 Å². The van der Waals surface area contributed by atoms with E-state index in [1.54, 1.807) is 19.1 Å². The monoisotopic (exact) mass is 392 g/mol. The number of aryl methyl sites for hydroxylation is 3. The number of halogens is 1. The van der Waals surface area contributed by atoms with Crippen LogP contribution in [0, 0.1) is 26.6 Å². The zero-order valence-corrected chi connectivity index (χ0v) is 17.0. The molecule has 0 aliphatic heterocycles. The fourth-order valence-corrected chi connectivity index (χ4v) is 4.15. The fraction of sp³-hybridized carbons (Fsp3) is 0.350. The third kappa shape index (κ3) is 5.29. The molecule has 1 N–H and O–H groups in total. The summed E-state index contributed by atoms with van der Waals surface area (Å²) in [5.74, 6) is -0.789. The first-order valence-electron chi connectivity index (χ1n) is 8.59. The van der Waals surface area contributed by atoms with Gasteiger partial charge < -0.3 is 5.32 Å². The van der Waals surface area contributed by atoms with E-state index < -0.39 is 15.9 Å². The van der Waals surface area contributed by atoms with Crippen LogP contribution in [0.1, 0.15) is 35.2 Å². The molecule has 1 amide bonds. The summed E-state index contributed by atoms with van der Waals surface area (Å²) in [6, 6.07) is 9.21. The Morgan fingerprint density at radius 1 is 1.11 bits per heavy atom. The number of hydrogen-bond acceptors (Lipinski definition) is 3. The fourth-order valence-electron chi connectivity index (χ4n) is 3.18. The molecule has 0 fully saturated rings. The first-order valence-corrected chi connectivity index (χ1v) is 10.4. The largest absolute Gasteiger partial charge is 0.348 e. The van der Waals surface area contributed by atoms with Crippen LogP contribution in [-0.2, 0) is 14.8 Å². The highest BCUT2D eigenvalue weighted by atomic mass is 32.2. The highest BCUT2D eigenvalue weighted by molar-refractivity contribution is 7.92. The molecular formula is C20H25FN2O3S. The quantitative estimate of drug-likeness (QED) is 0.819. The number of rotatable bonds is 6. The summed E-state index contributed by atoms with van der Waals surface area (Å²) in [5.41, 5.74) is 3.86. The second-order valence-corrected chi connectivity index (χ2v) is 8.76. The van der Waals surface area contributed by atoms with E-state index in [-0.39, 0.29) is 18.4 Å². The minimum atomic E-state index is -3.65. The van der Waals surface area contributed by atoms with E-state index >= 15 is 0 Å². The third-order valence-electron chi connectivity index (χ3n) is 4.32. The van der Waals surface area contributed by atoms with Crippen molar-refractivity contribution in [2.75, 3.05) is 17.1 Å². The Bertz CT molecular complexity index is 917. The molecule has 0 aromatic heterocycles. The molecule has 2 aromatic rings. The van der Waals surface area contributed by atoms with Crippen LogP contribution < -0.4 is 9.62 Å². The van der Waals surface area contributed by atoms with Crippen LogP contribution in [0.3, 0.4) is 0 Å². The number of nitrogens with zero attached hydrogens (tertiary/aromatic N) is 1. The first kappa shape index (κ1) is 20.9. The SMILES string of the molecule is Cc1cc(C)c(N(CC(=O)N[C@H](C)c2ccc(F)cc2)S(C)(=O)=O)c(C)c1. The lowest BCUT2D eigenvalue weighted by atomic mass is 10.1. The van der Waals surface area contributed by atoms with Gasteiger partial charge in [-0.1, -0.05) is 29.8 Å². The van der Waals surface area contributed by atoms with E-state index in [1.807, 2.05) is 32.9 Å². The van der Waals surface area contributed by atoms with Crippen molar-refractivity contribution in [3.8, 4) is 0 Å². The van der Waals surface area contributed by atoms with E-state index in [0.29, 0.717) is 5.69 Å². The molecule has 7 heteroatoms. The van der Waals surface area contributed by atoms with Gasteiger partial charge in [-0.05, 0) is 56.5 Å². The van der Waals surface area contributed by atoms with Crippen molar-refractivity contribution in [1.82, 2.24) is 5.32 Å². The first-order chi connectivity index (χ1) is 12.5. The van der Waals surface area contributed by atoms with Crippen molar-refractivity contribution in [3.63, 3.8) is 0 Å². The molecular weight excluding hydrogens is 367 g/mol. The van der Waals surface area contributed by atoms with Gasteiger partial charge in [-0.25, -0.2) is 12.8 Å². The van der Waals surface area contributed by atoms with E-state index in [1.165, 1.54) is 12.1 Å². The normalized spacial score (nSPS) is 12.5. The Kier molecular flexibility index (Phi) is 6.26. The Balaban J connectivity index is 2.25. The smallest absolute Gasteiger partial charge is 0.241 e. The highest BCUT2D eigenvalue weighted by Gasteiger charge is 2.24. The number of carbonyl (C=O) groups is 1. The van der Waals surface area contributed by atoms with Crippen LogP contribution in [0.5, 0.6) is 0 Å². The molecule has 0 spiro atoms. The van der Waals surface area contributed by atoms with Gasteiger partial charge in [-0.3, -0.25) is 9.10 Å². The van der Waals surface area contributed by atoms with Crippen molar-refractivity contribution >= 4 is 21.6 Å². The van der Waals surface area contributed by atoms with Gasteiger partial charge in [0.1, 0.15) is 12.4 Å². The Morgan fingerprint density at radius 3 is 2.11 bits per heavy atom. The summed E-state index contributed by atoms with van der Waals surface area (Å²) >= 11 is 0. The van der Waals surface area contributed by atoms with Crippen LogP contribution in [0.25, 0.3) is 0 Å². The maximum atomic E-state index is 13.0. The van der Waals surface area contributed by atoms with Crippen molar-refractivity contribution in [2.45, 2.75) is 33.7 Å². The van der Waals surface area contributed by atoms with Crippen molar-refractivity contribution in [1.29, 1.82) is 0 Å². The van der Waals surface area contributed by atoms with Gasteiger partial charge in [-0.15, -0.1) is 0 Å². The predicted octanol–water partition coefficient (Wildman–Crippen LogP) is 3.39. The number of benzene rings is 2. The van der Waals surface area contributed by atoms with E-state index in [0.717, 1.165) is 32.8 Å². The number of amides is 1. The number of sulfonamides is 1. The van der Waals surface area contributed by atoms with Gasteiger partial charge in [0.05, 0.1) is 18.0 Å². The minimum Gasteiger partial charge on any atom is -0.348 e. The summed E-state index contributed by atoms with van der Waals surface area (Å²) in [4.78, 5) is 12.5. The zero-order valence-electron chi connectivity index (χ0n) is 16.2. The minimum absolute atomic E-state index is 0.324. The Labute approximate surface area is 160 Å². The molecule has 2 aromatic carbocycles. The number of nitrogens with one attached hydrogen (secondary N) is 1. The molecule has 2 rings (SSSR count). The lowest BCUT2D eigenvalue weighted by Gasteiger charge is -2.26. The Morgan fingerprint density at radius 2 is 1.63 bits per heavy atom. The van der Waals surface area contributed by atoms with Crippen molar-refractivity contribution < 1.29 is 17.6 Å². The van der Waals surface area contributed by atoms with Gasteiger partial charge in [0.2, 0.25) is 15.9 Å². The third-order valence-corrected chi connectivity index (χ3v) is 5.43. The predicted molar refractivity (Wildman–Crippen MR) is 106 cm³/mol. The molecule has 0 radical (unpaired) electrons. The van der Waals surface area contributed by atoms with Crippen LogP contribution in [0.2, 0.25) is 0 Å². The zero-order chi connectivity index (χ0) is 20.4. The maximum absolute atomic E-state index is 13.0.